The molecule has 1 saturated heterocycles. The van der Waals surface area contributed by atoms with Gasteiger partial charge in [0.2, 0.25) is 10.0 Å². The Morgan fingerprint density at radius 3 is 2.39 bits per heavy atom. The summed E-state index contributed by atoms with van der Waals surface area (Å²) in [5, 5.41) is 6.40. The Kier molecular flexibility index (Phi) is 6.52. The van der Waals surface area contributed by atoms with Crippen LogP contribution in [0.25, 0.3) is 11.1 Å². The molecule has 5 rings (SSSR count). The van der Waals surface area contributed by atoms with Crippen molar-refractivity contribution in [1.82, 2.24) is 9.29 Å². The van der Waals surface area contributed by atoms with Crippen molar-refractivity contribution in [2.24, 2.45) is 0 Å². The minimum Gasteiger partial charge on any atom is -0.490 e. The lowest BCUT2D eigenvalue weighted by atomic mass is 10.0. The van der Waals surface area contributed by atoms with E-state index in [1.54, 1.807) is 24.3 Å². The number of piperidine rings is 1. The number of benzene rings is 2. The van der Waals surface area contributed by atoms with Crippen molar-refractivity contribution in [2.45, 2.75) is 30.0 Å². The lowest BCUT2D eigenvalue weighted by Crippen LogP contribution is -2.42. The van der Waals surface area contributed by atoms with E-state index in [0.29, 0.717) is 38.4 Å². The van der Waals surface area contributed by atoms with E-state index in [1.807, 2.05) is 18.2 Å². The highest BCUT2D eigenvalue weighted by atomic mass is 32.2. The Bertz CT molecular complexity index is 1320. The van der Waals surface area contributed by atoms with Gasteiger partial charge in [-0.3, -0.25) is 0 Å². The Balaban J connectivity index is 1.21. The van der Waals surface area contributed by atoms with Crippen LogP contribution >= 0.6 is 0 Å². The molecule has 1 aromatic heterocycles. The quantitative estimate of drug-likeness (QED) is 0.503. The van der Waals surface area contributed by atoms with Crippen molar-refractivity contribution in [1.29, 1.82) is 0 Å². The molecule has 2 N–H and O–H groups in total. The molecule has 0 saturated carbocycles. The Hall–Kier alpha value is -3.31. The van der Waals surface area contributed by atoms with E-state index in [-0.39, 0.29) is 10.9 Å². The van der Waals surface area contributed by atoms with E-state index in [1.165, 1.54) is 10.4 Å². The largest absolute Gasteiger partial charge is 0.490 e. The van der Waals surface area contributed by atoms with Crippen LogP contribution in [0.5, 0.6) is 5.75 Å². The molecule has 0 bridgehead atoms. The molecule has 2 aromatic carbocycles. The lowest BCUT2D eigenvalue weighted by molar-refractivity contribution is -0.137. The first-order chi connectivity index (χ1) is 17.2. The van der Waals surface area contributed by atoms with Crippen molar-refractivity contribution >= 4 is 21.5 Å². The van der Waals surface area contributed by atoms with Gasteiger partial charge >= 0.3 is 6.18 Å². The van der Waals surface area contributed by atoms with E-state index in [2.05, 4.69) is 15.6 Å². The summed E-state index contributed by atoms with van der Waals surface area (Å²) in [5.41, 5.74) is 1.96. The summed E-state index contributed by atoms with van der Waals surface area (Å²) in [6, 6.07) is 14.8. The monoisotopic (exact) mass is 518 g/mol. The van der Waals surface area contributed by atoms with Gasteiger partial charge in [0.15, 0.2) is 0 Å². The number of ether oxygens (including phenoxy) is 1. The predicted octanol–water partition coefficient (Wildman–Crippen LogP) is 4.84. The van der Waals surface area contributed by atoms with Crippen LogP contribution in [0.2, 0.25) is 0 Å². The first-order valence-corrected chi connectivity index (χ1v) is 13.1. The molecule has 3 aromatic rings. The number of hydrogen-bond donors (Lipinski definition) is 2. The second-order valence-corrected chi connectivity index (χ2v) is 10.7. The number of pyridine rings is 1. The van der Waals surface area contributed by atoms with Crippen LogP contribution in [0.15, 0.2) is 65.7 Å². The maximum atomic E-state index is 13.2. The van der Waals surface area contributed by atoms with Gasteiger partial charge in [-0.15, -0.1) is 0 Å². The molecule has 2 aliphatic rings. The molecule has 2 aliphatic heterocycles. The number of rotatable bonds is 5. The third-order valence-electron chi connectivity index (χ3n) is 6.38. The standard InChI is InChI=1S/C25H25F3N4O3S/c26-25(27,28)19-4-8-24(30-16-19)31-20-9-12-32(13-10-20)36(33,34)21-5-1-17(2-6-21)18-3-7-23-22(15-18)29-11-14-35-23/h1-8,15-16,20,29H,9-14H2,(H,30,31). The van der Waals surface area contributed by atoms with Crippen LogP contribution in [0.3, 0.4) is 0 Å². The molecule has 190 valence electrons. The number of alkyl halides is 3. The highest BCUT2D eigenvalue weighted by Crippen LogP contribution is 2.33. The SMILES string of the molecule is O=S(=O)(c1ccc(-c2ccc3c(c2)NCCO3)cc1)N1CCC(Nc2ccc(C(F)(F)F)cn2)CC1. The number of anilines is 2. The summed E-state index contributed by atoms with van der Waals surface area (Å²) in [6.07, 6.45) is -2.61. The van der Waals surface area contributed by atoms with Crippen LogP contribution in [0.1, 0.15) is 18.4 Å². The van der Waals surface area contributed by atoms with Gasteiger partial charge in [0, 0.05) is 31.9 Å². The smallest absolute Gasteiger partial charge is 0.417 e. The topological polar surface area (TPSA) is 83.6 Å². The second kappa shape index (κ2) is 9.62. The van der Waals surface area contributed by atoms with Crippen LogP contribution in [0, 0.1) is 0 Å². The average molecular weight is 519 g/mol. The zero-order valence-electron chi connectivity index (χ0n) is 19.3. The fourth-order valence-electron chi connectivity index (χ4n) is 4.39. The Morgan fingerprint density at radius 2 is 1.72 bits per heavy atom. The highest BCUT2D eigenvalue weighted by molar-refractivity contribution is 7.89. The minimum absolute atomic E-state index is 0.0790. The number of aromatic nitrogens is 1. The van der Waals surface area contributed by atoms with Crippen molar-refractivity contribution in [3.05, 3.63) is 66.4 Å². The number of nitrogens with one attached hydrogen (secondary N) is 2. The normalized spacial score (nSPS) is 17.1. The molecule has 3 heterocycles. The molecule has 11 heteroatoms. The third-order valence-corrected chi connectivity index (χ3v) is 8.29. The van der Waals surface area contributed by atoms with Crippen molar-refractivity contribution in [2.75, 3.05) is 36.9 Å². The molecule has 0 atom stereocenters. The van der Waals surface area contributed by atoms with Gasteiger partial charge in [0.05, 0.1) is 16.1 Å². The third kappa shape index (κ3) is 5.12. The number of fused-ring (bicyclic) bond motifs is 1. The van der Waals surface area contributed by atoms with E-state index in [4.69, 9.17) is 4.74 Å². The molecule has 0 amide bonds. The fourth-order valence-corrected chi connectivity index (χ4v) is 5.85. The molecular weight excluding hydrogens is 493 g/mol. The van der Waals surface area contributed by atoms with Crippen molar-refractivity contribution in [3.8, 4) is 16.9 Å². The summed E-state index contributed by atoms with van der Waals surface area (Å²) < 4.78 is 71.6. The van der Waals surface area contributed by atoms with E-state index in [9.17, 15) is 21.6 Å². The van der Waals surface area contributed by atoms with E-state index in [0.717, 1.165) is 41.4 Å². The summed E-state index contributed by atoms with van der Waals surface area (Å²) in [6.45, 7) is 1.97. The zero-order valence-corrected chi connectivity index (χ0v) is 20.1. The first-order valence-electron chi connectivity index (χ1n) is 11.6. The maximum absolute atomic E-state index is 13.2. The second-order valence-electron chi connectivity index (χ2n) is 8.76. The van der Waals surface area contributed by atoms with Crippen molar-refractivity contribution in [3.63, 3.8) is 0 Å². The average Bonchev–Trinajstić information content (AvgIpc) is 2.88. The summed E-state index contributed by atoms with van der Waals surface area (Å²) in [7, 11) is -3.66. The fraction of sp³-hybridized carbons (Fsp3) is 0.320. The first kappa shape index (κ1) is 24.4. The molecular formula is C25H25F3N4O3S. The van der Waals surface area contributed by atoms with Gasteiger partial charge in [0.1, 0.15) is 18.2 Å². The molecule has 1 fully saturated rings. The molecule has 0 unspecified atom stereocenters. The van der Waals surface area contributed by atoms with Gasteiger partial charge in [-0.05, 0) is 60.4 Å². The molecule has 7 nitrogen and oxygen atoms in total. The van der Waals surface area contributed by atoms with Crippen LogP contribution in [-0.2, 0) is 16.2 Å². The molecule has 0 aliphatic carbocycles. The summed E-state index contributed by atoms with van der Waals surface area (Å²) in [4.78, 5) is 4.06. The minimum atomic E-state index is -4.43. The zero-order chi connectivity index (χ0) is 25.3. The molecule has 0 radical (unpaired) electrons. The molecule has 36 heavy (non-hydrogen) atoms. The van der Waals surface area contributed by atoms with Gasteiger partial charge < -0.3 is 15.4 Å². The van der Waals surface area contributed by atoms with Gasteiger partial charge in [-0.2, -0.15) is 17.5 Å². The van der Waals surface area contributed by atoms with Gasteiger partial charge in [-0.1, -0.05) is 18.2 Å². The van der Waals surface area contributed by atoms with Crippen LogP contribution < -0.4 is 15.4 Å². The van der Waals surface area contributed by atoms with Crippen LogP contribution in [-0.4, -0.2) is 50.0 Å². The number of nitrogens with zero attached hydrogens (tertiary/aromatic N) is 2. The highest BCUT2D eigenvalue weighted by Gasteiger charge is 2.32. The Morgan fingerprint density at radius 1 is 1.00 bits per heavy atom. The van der Waals surface area contributed by atoms with Gasteiger partial charge in [-0.25, -0.2) is 13.4 Å². The van der Waals surface area contributed by atoms with E-state index < -0.39 is 21.8 Å². The predicted molar refractivity (Wildman–Crippen MR) is 131 cm³/mol. The lowest BCUT2D eigenvalue weighted by Gasteiger charge is -2.32. The summed E-state index contributed by atoms with van der Waals surface area (Å²) >= 11 is 0. The molecule has 0 spiro atoms. The van der Waals surface area contributed by atoms with Gasteiger partial charge in [0.25, 0.3) is 0 Å². The van der Waals surface area contributed by atoms with E-state index >= 15 is 0 Å². The van der Waals surface area contributed by atoms with Crippen molar-refractivity contribution < 1.29 is 26.3 Å². The number of sulfonamides is 1. The van der Waals surface area contributed by atoms with Crippen LogP contribution in [0.4, 0.5) is 24.7 Å². The number of hydrogen-bond acceptors (Lipinski definition) is 6. The maximum Gasteiger partial charge on any atom is 0.417 e. The summed E-state index contributed by atoms with van der Waals surface area (Å²) in [5.74, 6) is 1.14. The number of halogens is 3. The Labute approximate surface area is 207 Å².